The Morgan fingerprint density at radius 1 is 0.339 bits per heavy atom. The maximum atomic E-state index is 14.7. The minimum Gasteiger partial charge on any atom is -0.436 e. The molecule has 59 heavy (non-hydrogen) atoms. The van der Waals surface area contributed by atoms with Crippen LogP contribution in [-0.2, 0) is 29.7 Å². The van der Waals surface area contributed by atoms with Crippen LogP contribution < -0.4 is 0 Å². The van der Waals surface area contributed by atoms with Crippen LogP contribution in [0.5, 0.6) is 0 Å². The highest BCUT2D eigenvalue weighted by molar-refractivity contribution is 6.90. The van der Waals surface area contributed by atoms with Crippen molar-refractivity contribution in [1.29, 1.82) is 0 Å². The van der Waals surface area contributed by atoms with Gasteiger partial charge in [-0.3, -0.25) is 0 Å². The molecule has 0 saturated carbocycles. The van der Waals surface area contributed by atoms with Crippen molar-refractivity contribution >= 4 is 43.0 Å². The molecule has 3 atom stereocenters. The molecule has 0 rings (SSSR count). The SMILES string of the molecule is CO[Si](OC)(OC)O[Si](C)(CCC(F)(F)F)O[Si](C)(CCC(F)(F)F)O[Si](C)(CCC(F)(F)F)O[Si](C)(C)CCC(F)(F)C(F)(F)C(F)(F)C(F)(F)C(F)(F)C(F)(F)F. The molecule has 0 saturated heterocycles. The lowest BCUT2D eigenvalue weighted by Crippen LogP contribution is -2.70. The second kappa shape index (κ2) is 18.8. The van der Waals surface area contributed by atoms with Gasteiger partial charge in [0.15, 0.2) is 8.32 Å². The number of rotatable bonds is 24. The van der Waals surface area contributed by atoms with Gasteiger partial charge in [0.05, 0.1) is 0 Å². The van der Waals surface area contributed by atoms with E-state index in [9.17, 15) is 96.6 Å². The van der Waals surface area contributed by atoms with Gasteiger partial charge < -0.3 is 29.7 Å². The van der Waals surface area contributed by atoms with E-state index in [4.69, 9.17) is 29.7 Å². The third-order valence-corrected chi connectivity index (χ3v) is 28.1. The first-order valence-corrected chi connectivity index (χ1v) is 28.5. The maximum Gasteiger partial charge on any atom is 0.669 e. The fraction of sp³-hybridized carbons (Fsp3) is 1.00. The van der Waals surface area contributed by atoms with Crippen molar-refractivity contribution in [2.75, 3.05) is 21.3 Å². The van der Waals surface area contributed by atoms with E-state index in [-0.39, 0.29) is 0 Å². The fourth-order valence-corrected chi connectivity index (χ4v) is 28.3. The van der Waals surface area contributed by atoms with Crippen LogP contribution in [0.2, 0.25) is 56.9 Å². The highest BCUT2D eigenvalue weighted by Gasteiger charge is 2.90. The largest absolute Gasteiger partial charge is 0.669 e. The molecule has 0 aliphatic heterocycles. The first-order valence-electron chi connectivity index (χ1n) is 16.2. The molecular weight excluding hydrogens is 971 g/mol. The maximum absolute atomic E-state index is 14.7. The van der Waals surface area contributed by atoms with Gasteiger partial charge >= 0.3 is 89.0 Å². The Morgan fingerprint density at radius 3 is 0.915 bits per heavy atom. The van der Waals surface area contributed by atoms with E-state index >= 15 is 0 Å². The summed E-state index contributed by atoms with van der Waals surface area (Å²) in [5.74, 6) is -38.7. The number of hydrogen-bond donors (Lipinski definition) is 0. The normalized spacial score (nSPS) is 18.4. The van der Waals surface area contributed by atoms with Gasteiger partial charge in [-0.05, 0) is 56.9 Å². The molecule has 0 radical (unpaired) electrons. The van der Waals surface area contributed by atoms with Crippen molar-refractivity contribution < 1.29 is 126 Å². The third kappa shape index (κ3) is 15.8. The minimum absolute atomic E-state index is 0.643. The lowest BCUT2D eigenvalue weighted by molar-refractivity contribution is -0.439. The Hall–Kier alpha value is -0.736. The van der Waals surface area contributed by atoms with Gasteiger partial charge in [-0.25, -0.2) is 0 Å². The van der Waals surface area contributed by atoms with E-state index < -0.39 is 147 Å². The molecule has 0 aliphatic rings. The van der Waals surface area contributed by atoms with Crippen LogP contribution in [0.3, 0.4) is 0 Å². The summed E-state index contributed by atoms with van der Waals surface area (Å²) in [6.45, 7) is 3.53. The second-order valence-corrected chi connectivity index (χ2v) is 31.8. The number of halogens is 22. The van der Waals surface area contributed by atoms with Crippen LogP contribution in [0, 0.1) is 0 Å². The molecule has 34 heteroatoms. The summed E-state index contributed by atoms with van der Waals surface area (Å²) in [4.78, 5) is 0. The molecule has 3 unspecified atom stereocenters. The molecular formula is C25H40F22O7Si5. The smallest absolute Gasteiger partial charge is 0.436 e. The van der Waals surface area contributed by atoms with Gasteiger partial charge in [-0.15, -0.1) is 0 Å². The molecule has 0 fully saturated rings. The van der Waals surface area contributed by atoms with Crippen molar-refractivity contribution in [3.8, 4) is 0 Å². The lowest BCUT2D eigenvalue weighted by Gasteiger charge is -2.45. The summed E-state index contributed by atoms with van der Waals surface area (Å²) in [7, 11) is -21.4. The summed E-state index contributed by atoms with van der Waals surface area (Å²) in [6, 6.07) is -5.70. The van der Waals surface area contributed by atoms with Crippen LogP contribution in [0.15, 0.2) is 0 Å². The van der Waals surface area contributed by atoms with Crippen molar-refractivity contribution in [3.63, 3.8) is 0 Å². The van der Waals surface area contributed by atoms with E-state index in [1.807, 2.05) is 0 Å². The molecule has 0 aromatic rings. The Balaban J connectivity index is 7.24. The fourth-order valence-electron chi connectivity index (χ4n) is 5.08. The van der Waals surface area contributed by atoms with E-state index in [2.05, 4.69) is 0 Å². The van der Waals surface area contributed by atoms with Gasteiger partial charge in [0, 0.05) is 47.0 Å². The van der Waals surface area contributed by atoms with Gasteiger partial charge in [-0.1, -0.05) is 0 Å². The van der Waals surface area contributed by atoms with Gasteiger partial charge in [0.25, 0.3) is 0 Å². The second-order valence-electron chi connectivity index (χ2n) is 14.0. The average Bonchev–Trinajstić information content (AvgIpc) is 3.02. The van der Waals surface area contributed by atoms with Crippen LogP contribution in [0.25, 0.3) is 0 Å². The van der Waals surface area contributed by atoms with Crippen molar-refractivity contribution in [2.24, 2.45) is 0 Å². The van der Waals surface area contributed by atoms with Crippen molar-refractivity contribution in [3.05, 3.63) is 0 Å². The van der Waals surface area contributed by atoms with Crippen molar-refractivity contribution in [2.45, 2.75) is 137 Å². The average molecular weight is 1010 g/mol. The Kier molecular flexibility index (Phi) is 18.5. The summed E-state index contributed by atoms with van der Waals surface area (Å²) >= 11 is 0. The quantitative estimate of drug-likeness (QED) is 0.0705. The summed E-state index contributed by atoms with van der Waals surface area (Å²) in [5, 5.41) is 0. The molecule has 0 heterocycles. The molecule has 0 aromatic carbocycles. The molecule has 0 aromatic heterocycles. The Labute approximate surface area is 327 Å². The predicted octanol–water partition coefficient (Wildman–Crippen LogP) is 11.8. The summed E-state index contributed by atoms with van der Waals surface area (Å²) in [5.41, 5.74) is 0. The molecule has 7 nitrogen and oxygen atoms in total. The van der Waals surface area contributed by atoms with E-state index in [1.165, 1.54) is 0 Å². The zero-order valence-electron chi connectivity index (χ0n) is 31.8. The summed E-state index contributed by atoms with van der Waals surface area (Å²) < 4.78 is 337. The van der Waals surface area contributed by atoms with Crippen LogP contribution in [0.1, 0.15) is 25.7 Å². The highest BCUT2D eigenvalue weighted by Crippen LogP contribution is 2.61. The molecule has 0 aliphatic carbocycles. The lowest BCUT2D eigenvalue weighted by atomic mass is 9.93. The summed E-state index contributed by atoms with van der Waals surface area (Å²) in [6.07, 6.45) is -31.4. The molecule has 356 valence electrons. The molecule has 0 amide bonds. The standard InChI is InChI=1S/C25H40F22O7Si5/c1-48-59(49-2,50-3)54-58(8,16-12-20(34,35)36)53-57(7,15-11-19(31,32)33)52-56(6,14-10-18(28,29)30)51-55(4,5)13-9-17(26,27)21(37,38)22(39,40)23(41,42)24(43,44)25(45,46)47/h9-16H2,1-8H3. The molecule has 0 spiro atoms. The zero-order valence-corrected chi connectivity index (χ0v) is 36.8. The predicted molar refractivity (Wildman–Crippen MR) is 170 cm³/mol. The van der Waals surface area contributed by atoms with Crippen LogP contribution in [-0.4, -0.2) is 119 Å². The van der Waals surface area contributed by atoms with Gasteiger partial charge in [-0.2, -0.15) is 96.6 Å². The van der Waals surface area contributed by atoms with Gasteiger partial charge in [0.2, 0.25) is 0 Å². The monoisotopic (exact) mass is 1010 g/mol. The molecule has 0 N–H and O–H groups in total. The number of alkyl halides is 22. The number of hydrogen-bond acceptors (Lipinski definition) is 7. The first-order chi connectivity index (χ1) is 25.6. The van der Waals surface area contributed by atoms with E-state index in [0.717, 1.165) is 27.9 Å². The Bertz CT molecular complexity index is 1340. The van der Waals surface area contributed by atoms with E-state index in [1.54, 1.807) is 0 Å². The van der Waals surface area contributed by atoms with Crippen molar-refractivity contribution in [1.82, 2.24) is 0 Å². The zero-order chi connectivity index (χ0) is 47.6. The van der Waals surface area contributed by atoms with Crippen LogP contribution >= 0.6 is 0 Å². The van der Waals surface area contributed by atoms with Crippen LogP contribution in [0.4, 0.5) is 96.6 Å². The first kappa shape index (κ1) is 58.3. The highest BCUT2D eigenvalue weighted by atomic mass is 28.5. The van der Waals surface area contributed by atoms with Gasteiger partial charge in [0.1, 0.15) is 0 Å². The Morgan fingerprint density at radius 2 is 0.627 bits per heavy atom. The van der Waals surface area contributed by atoms with E-state index in [0.29, 0.717) is 26.2 Å². The molecule has 0 bridgehead atoms. The topological polar surface area (TPSA) is 64.6 Å². The third-order valence-electron chi connectivity index (χ3n) is 8.07. The minimum atomic E-state index is -8.21.